The Bertz CT molecular complexity index is 871. The van der Waals surface area contributed by atoms with E-state index in [4.69, 9.17) is 4.74 Å². The highest BCUT2D eigenvalue weighted by atomic mass is 32.2. The van der Waals surface area contributed by atoms with E-state index in [0.717, 1.165) is 0 Å². The van der Waals surface area contributed by atoms with Crippen molar-refractivity contribution in [3.8, 4) is 0 Å². The van der Waals surface area contributed by atoms with Crippen LogP contribution >= 0.6 is 0 Å². The summed E-state index contributed by atoms with van der Waals surface area (Å²) in [5, 5.41) is 0. The van der Waals surface area contributed by atoms with E-state index in [-0.39, 0.29) is 24.3 Å². The van der Waals surface area contributed by atoms with Gasteiger partial charge in [0, 0.05) is 32.5 Å². The second-order valence-corrected chi connectivity index (χ2v) is 8.13. The summed E-state index contributed by atoms with van der Waals surface area (Å²) in [6.07, 6.45) is -0.504. The molecule has 0 atom stereocenters. The SMILES string of the molecule is O=C1CCC(=O)N1c1nc(F)c(F)c(S(=O)(=O)CCN2CCOCC2)c1F. The van der Waals surface area contributed by atoms with Crippen LogP contribution in [-0.4, -0.2) is 68.7 Å². The largest absolute Gasteiger partial charge is 0.379 e. The van der Waals surface area contributed by atoms with Crippen molar-refractivity contribution in [1.82, 2.24) is 9.88 Å². The second kappa shape index (κ2) is 7.52. The average molecular weight is 407 g/mol. The minimum atomic E-state index is -4.59. The van der Waals surface area contributed by atoms with Crippen molar-refractivity contribution in [2.24, 2.45) is 0 Å². The number of morpholine rings is 1. The first kappa shape index (κ1) is 19.7. The van der Waals surface area contributed by atoms with Gasteiger partial charge in [-0.05, 0) is 0 Å². The van der Waals surface area contributed by atoms with Gasteiger partial charge in [0.25, 0.3) is 5.95 Å². The fraction of sp³-hybridized carbons (Fsp3) is 0.533. The average Bonchev–Trinajstić information content (AvgIpc) is 2.96. The molecule has 2 aliphatic heterocycles. The Balaban J connectivity index is 1.96. The van der Waals surface area contributed by atoms with E-state index in [1.54, 1.807) is 4.90 Å². The van der Waals surface area contributed by atoms with Gasteiger partial charge in [0.15, 0.2) is 27.3 Å². The monoisotopic (exact) mass is 407 g/mol. The molecule has 1 aromatic heterocycles. The molecule has 0 unspecified atom stereocenters. The fourth-order valence-electron chi connectivity index (χ4n) is 2.89. The van der Waals surface area contributed by atoms with Crippen molar-refractivity contribution in [1.29, 1.82) is 0 Å². The predicted octanol–water partition coefficient (Wildman–Crippen LogP) is 0.258. The number of amides is 2. The van der Waals surface area contributed by atoms with Crippen molar-refractivity contribution >= 4 is 27.5 Å². The number of imide groups is 1. The number of pyridine rings is 1. The smallest absolute Gasteiger partial charge is 0.252 e. The quantitative estimate of drug-likeness (QED) is 0.510. The summed E-state index contributed by atoms with van der Waals surface area (Å²) in [5.74, 6) is -9.17. The Labute approximate surface area is 152 Å². The lowest BCUT2D eigenvalue weighted by Gasteiger charge is -2.26. The predicted molar refractivity (Wildman–Crippen MR) is 85.1 cm³/mol. The summed E-state index contributed by atoms with van der Waals surface area (Å²) in [7, 11) is -4.59. The Morgan fingerprint density at radius 2 is 1.59 bits per heavy atom. The topological polar surface area (TPSA) is 96.9 Å². The van der Waals surface area contributed by atoms with Crippen molar-refractivity contribution in [3.05, 3.63) is 17.6 Å². The highest BCUT2D eigenvalue weighted by Gasteiger charge is 2.38. The number of hydrogen-bond acceptors (Lipinski definition) is 7. The number of anilines is 1. The van der Waals surface area contributed by atoms with Crippen molar-refractivity contribution < 1.29 is 35.9 Å². The Morgan fingerprint density at radius 1 is 1.00 bits per heavy atom. The molecule has 0 bridgehead atoms. The van der Waals surface area contributed by atoms with E-state index in [1.807, 2.05) is 0 Å². The third-order valence-electron chi connectivity index (χ3n) is 4.33. The first-order valence-corrected chi connectivity index (χ1v) is 9.80. The summed E-state index contributed by atoms with van der Waals surface area (Å²) in [5.41, 5.74) is 0. The molecule has 0 N–H and O–H groups in total. The summed E-state index contributed by atoms with van der Waals surface area (Å²) in [6, 6.07) is 0. The number of ether oxygens (including phenoxy) is 1. The summed E-state index contributed by atoms with van der Waals surface area (Å²) >= 11 is 0. The summed E-state index contributed by atoms with van der Waals surface area (Å²) < 4.78 is 72.8. The highest BCUT2D eigenvalue weighted by molar-refractivity contribution is 7.91. The molecule has 3 heterocycles. The van der Waals surface area contributed by atoms with Gasteiger partial charge in [-0.15, -0.1) is 0 Å². The maximum atomic E-state index is 14.7. The Kier molecular flexibility index (Phi) is 5.49. The summed E-state index contributed by atoms with van der Waals surface area (Å²) in [6.45, 7) is 1.66. The van der Waals surface area contributed by atoms with Crippen molar-refractivity contribution in [3.63, 3.8) is 0 Å². The van der Waals surface area contributed by atoms with Gasteiger partial charge in [0.05, 0.1) is 19.0 Å². The molecule has 3 rings (SSSR count). The molecule has 2 amide bonds. The van der Waals surface area contributed by atoms with Crippen LogP contribution < -0.4 is 4.90 Å². The van der Waals surface area contributed by atoms with Crippen LogP contribution in [0.2, 0.25) is 0 Å². The zero-order chi connectivity index (χ0) is 19.8. The lowest BCUT2D eigenvalue weighted by molar-refractivity contribution is -0.121. The van der Waals surface area contributed by atoms with E-state index < -0.39 is 55.7 Å². The van der Waals surface area contributed by atoms with Gasteiger partial charge < -0.3 is 4.74 Å². The second-order valence-electron chi connectivity index (χ2n) is 6.08. The number of nitrogens with zero attached hydrogens (tertiary/aromatic N) is 3. The minimum Gasteiger partial charge on any atom is -0.379 e. The van der Waals surface area contributed by atoms with Crippen LogP contribution in [0.15, 0.2) is 4.90 Å². The van der Waals surface area contributed by atoms with Crippen LogP contribution in [0.4, 0.5) is 19.0 Å². The number of rotatable bonds is 5. The standard InChI is InChI=1S/C15H16F3N3O5S/c16-11-13(27(24,25)8-5-20-3-6-26-7-4-20)12(17)15(19-14(11)18)21-9(22)1-2-10(21)23/h1-8H2. The molecule has 2 fully saturated rings. The Morgan fingerprint density at radius 3 is 2.19 bits per heavy atom. The van der Waals surface area contributed by atoms with Crippen molar-refractivity contribution in [2.75, 3.05) is 43.5 Å². The zero-order valence-electron chi connectivity index (χ0n) is 14.1. The lowest BCUT2D eigenvalue weighted by Crippen LogP contribution is -2.39. The first-order valence-electron chi connectivity index (χ1n) is 8.15. The molecule has 12 heteroatoms. The number of carbonyl (C=O) groups is 2. The molecule has 2 aliphatic rings. The van der Waals surface area contributed by atoms with Crippen LogP contribution in [0.5, 0.6) is 0 Å². The van der Waals surface area contributed by atoms with E-state index in [1.165, 1.54) is 0 Å². The maximum Gasteiger partial charge on any atom is 0.252 e. The van der Waals surface area contributed by atoms with Crippen LogP contribution in [0.1, 0.15) is 12.8 Å². The lowest BCUT2D eigenvalue weighted by atomic mass is 10.4. The van der Waals surface area contributed by atoms with Crippen LogP contribution in [0.25, 0.3) is 0 Å². The molecule has 2 saturated heterocycles. The number of sulfone groups is 1. The van der Waals surface area contributed by atoms with Gasteiger partial charge in [0.1, 0.15) is 4.90 Å². The molecule has 0 aromatic carbocycles. The van der Waals surface area contributed by atoms with Gasteiger partial charge in [-0.2, -0.15) is 9.37 Å². The molecule has 148 valence electrons. The molecule has 0 aliphatic carbocycles. The van der Waals surface area contributed by atoms with E-state index >= 15 is 0 Å². The molecular formula is C15H16F3N3O5S. The third kappa shape index (κ3) is 3.82. The molecule has 1 aromatic rings. The van der Waals surface area contributed by atoms with E-state index in [2.05, 4.69) is 4.98 Å². The van der Waals surface area contributed by atoms with Crippen molar-refractivity contribution in [2.45, 2.75) is 17.7 Å². The van der Waals surface area contributed by atoms with Gasteiger partial charge >= 0.3 is 0 Å². The first-order chi connectivity index (χ1) is 12.7. The van der Waals surface area contributed by atoms with Gasteiger partial charge in [-0.25, -0.2) is 22.1 Å². The molecule has 0 saturated carbocycles. The Hall–Kier alpha value is -2.05. The van der Waals surface area contributed by atoms with Gasteiger partial charge in [-0.1, -0.05) is 0 Å². The maximum absolute atomic E-state index is 14.7. The highest BCUT2D eigenvalue weighted by Crippen LogP contribution is 2.31. The van der Waals surface area contributed by atoms with Crippen LogP contribution in [0, 0.1) is 17.6 Å². The van der Waals surface area contributed by atoms with Gasteiger partial charge in [-0.3, -0.25) is 14.5 Å². The normalized spacial score (nSPS) is 19.1. The van der Waals surface area contributed by atoms with Crippen LogP contribution in [-0.2, 0) is 24.2 Å². The van der Waals surface area contributed by atoms with Crippen LogP contribution in [0.3, 0.4) is 0 Å². The number of halogens is 3. The fourth-order valence-corrected chi connectivity index (χ4v) is 4.32. The molecule has 8 nitrogen and oxygen atoms in total. The van der Waals surface area contributed by atoms with E-state index in [0.29, 0.717) is 26.3 Å². The van der Waals surface area contributed by atoms with E-state index in [9.17, 15) is 31.2 Å². The van der Waals surface area contributed by atoms with Gasteiger partial charge in [0.2, 0.25) is 11.8 Å². The number of aromatic nitrogens is 1. The molecular weight excluding hydrogens is 391 g/mol. The number of carbonyl (C=O) groups excluding carboxylic acids is 2. The molecule has 0 radical (unpaired) electrons. The third-order valence-corrected chi connectivity index (χ3v) is 6.03. The minimum absolute atomic E-state index is 0.0363. The summed E-state index contributed by atoms with van der Waals surface area (Å²) in [4.78, 5) is 26.9. The number of hydrogen-bond donors (Lipinski definition) is 0. The zero-order valence-corrected chi connectivity index (χ0v) is 14.9. The molecule has 27 heavy (non-hydrogen) atoms. The molecule has 0 spiro atoms.